The fraction of sp³-hybridized carbons (Fsp3) is 0.444. The van der Waals surface area contributed by atoms with Crippen molar-refractivity contribution < 1.29 is 4.42 Å². The second-order valence-corrected chi connectivity index (χ2v) is 3.70. The summed E-state index contributed by atoms with van der Waals surface area (Å²) in [4.78, 5) is 2.02. The molecule has 1 saturated heterocycles. The first-order valence-electron chi connectivity index (χ1n) is 4.35. The van der Waals surface area contributed by atoms with Gasteiger partial charge in [0.05, 0.1) is 6.26 Å². The third-order valence-electron chi connectivity index (χ3n) is 2.45. The van der Waals surface area contributed by atoms with Crippen LogP contribution in [0.1, 0.15) is 18.1 Å². The second kappa shape index (κ2) is 3.38. The summed E-state index contributed by atoms with van der Waals surface area (Å²) in [6, 6.07) is 3.92. The Morgan fingerprint density at radius 2 is 2.54 bits per heavy atom. The maximum Gasteiger partial charge on any atom is 0.166 e. The van der Waals surface area contributed by atoms with Gasteiger partial charge in [-0.2, -0.15) is 0 Å². The Morgan fingerprint density at radius 1 is 1.69 bits per heavy atom. The highest BCUT2D eigenvalue weighted by Crippen LogP contribution is 2.26. The topological polar surface area (TPSA) is 42.4 Å². The van der Waals surface area contributed by atoms with Crippen LogP contribution in [-0.2, 0) is 0 Å². The smallest absolute Gasteiger partial charge is 0.166 e. The lowest BCUT2D eigenvalue weighted by Gasteiger charge is -2.14. The van der Waals surface area contributed by atoms with Crippen LogP contribution in [0.5, 0.6) is 0 Å². The van der Waals surface area contributed by atoms with Crippen molar-refractivity contribution in [2.75, 3.05) is 13.1 Å². The Labute approximate surface area is 82.5 Å². The third kappa shape index (κ3) is 1.67. The zero-order valence-corrected chi connectivity index (χ0v) is 8.09. The average molecular weight is 196 g/mol. The molecule has 70 valence electrons. The average Bonchev–Trinajstić information content (AvgIpc) is 2.75. The summed E-state index contributed by atoms with van der Waals surface area (Å²) >= 11 is 4.91. The van der Waals surface area contributed by atoms with Gasteiger partial charge in [-0.3, -0.25) is 0 Å². The van der Waals surface area contributed by atoms with Crippen LogP contribution < -0.4 is 5.73 Å². The first-order chi connectivity index (χ1) is 6.27. The van der Waals surface area contributed by atoms with Crippen molar-refractivity contribution in [1.29, 1.82) is 0 Å². The first kappa shape index (κ1) is 8.56. The van der Waals surface area contributed by atoms with Crippen molar-refractivity contribution >= 4 is 17.3 Å². The van der Waals surface area contributed by atoms with Crippen molar-refractivity contribution in [2.24, 2.45) is 5.73 Å². The molecular formula is C9H12N2OS. The highest BCUT2D eigenvalue weighted by atomic mass is 32.1. The van der Waals surface area contributed by atoms with Gasteiger partial charge in [-0.25, -0.2) is 0 Å². The molecule has 1 aliphatic heterocycles. The molecule has 1 aromatic heterocycles. The van der Waals surface area contributed by atoms with Crippen LogP contribution in [-0.4, -0.2) is 23.1 Å². The fourth-order valence-electron chi connectivity index (χ4n) is 1.72. The van der Waals surface area contributed by atoms with E-state index in [1.165, 1.54) is 0 Å². The lowest BCUT2D eigenvalue weighted by molar-refractivity contribution is 0.453. The van der Waals surface area contributed by atoms with E-state index in [4.69, 9.17) is 22.4 Å². The predicted molar refractivity (Wildman–Crippen MR) is 54.4 cm³/mol. The molecule has 1 aromatic rings. The molecule has 0 bridgehead atoms. The van der Waals surface area contributed by atoms with E-state index < -0.39 is 0 Å². The molecule has 0 aliphatic carbocycles. The molecule has 0 aromatic carbocycles. The minimum atomic E-state index is 0.455. The predicted octanol–water partition coefficient (Wildman–Crippen LogP) is 1.31. The maximum absolute atomic E-state index is 5.54. The molecule has 0 unspecified atom stereocenters. The third-order valence-corrected chi connectivity index (χ3v) is 2.70. The number of hydrogen-bond donors (Lipinski definition) is 1. The van der Waals surface area contributed by atoms with Crippen molar-refractivity contribution in [2.45, 2.75) is 12.3 Å². The number of nitrogens with two attached hydrogens (primary N) is 1. The Balaban J connectivity index is 2.03. The minimum Gasteiger partial charge on any atom is -0.469 e. The standard InChI is InChI=1S/C9H12N2OS/c10-9(13)11-4-3-7(6-11)8-2-1-5-12-8/h1-2,5,7H,3-4,6H2,(H2,10,13)/t7-/m0/s1. The van der Waals surface area contributed by atoms with Crippen LogP contribution in [0.15, 0.2) is 22.8 Å². The largest absolute Gasteiger partial charge is 0.469 e. The van der Waals surface area contributed by atoms with Gasteiger partial charge in [0.25, 0.3) is 0 Å². The molecular weight excluding hydrogens is 184 g/mol. The van der Waals surface area contributed by atoms with Crippen molar-refractivity contribution in [1.82, 2.24) is 4.90 Å². The van der Waals surface area contributed by atoms with Crippen LogP contribution in [0.3, 0.4) is 0 Å². The zero-order valence-electron chi connectivity index (χ0n) is 7.27. The molecule has 0 spiro atoms. The van der Waals surface area contributed by atoms with Crippen LogP contribution in [0.4, 0.5) is 0 Å². The van der Waals surface area contributed by atoms with E-state index in [1.807, 2.05) is 17.0 Å². The fourth-order valence-corrected chi connectivity index (χ4v) is 1.88. The summed E-state index contributed by atoms with van der Waals surface area (Å²) in [5.41, 5.74) is 5.54. The molecule has 2 N–H and O–H groups in total. The molecule has 0 amide bonds. The molecule has 0 radical (unpaired) electrons. The van der Waals surface area contributed by atoms with Gasteiger partial charge < -0.3 is 15.1 Å². The Morgan fingerprint density at radius 3 is 3.08 bits per heavy atom. The molecule has 2 heterocycles. The molecule has 13 heavy (non-hydrogen) atoms. The van der Waals surface area contributed by atoms with E-state index in [1.54, 1.807) is 6.26 Å². The first-order valence-corrected chi connectivity index (χ1v) is 4.76. The normalized spacial score (nSPS) is 22.2. The van der Waals surface area contributed by atoms with Crippen LogP contribution in [0, 0.1) is 0 Å². The summed E-state index contributed by atoms with van der Waals surface area (Å²) < 4.78 is 5.33. The number of thiocarbonyl (C=S) groups is 1. The summed E-state index contributed by atoms with van der Waals surface area (Å²) in [5, 5.41) is 0.494. The molecule has 2 rings (SSSR count). The maximum atomic E-state index is 5.54. The number of furan rings is 1. The van der Waals surface area contributed by atoms with Crippen molar-refractivity contribution in [3.8, 4) is 0 Å². The van der Waals surface area contributed by atoms with E-state index in [2.05, 4.69) is 0 Å². The highest BCUT2D eigenvalue weighted by molar-refractivity contribution is 7.80. The molecule has 3 nitrogen and oxygen atoms in total. The van der Waals surface area contributed by atoms with Crippen molar-refractivity contribution in [3.63, 3.8) is 0 Å². The van der Waals surface area contributed by atoms with E-state index in [0.717, 1.165) is 25.3 Å². The quantitative estimate of drug-likeness (QED) is 0.688. The number of nitrogens with zero attached hydrogens (tertiary/aromatic N) is 1. The Kier molecular flexibility index (Phi) is 2.22. The van der Waals surface area contributed by atoms with Crippen molar-refractivity contribution in [3.05, 3.63) is 24.2 Å². The van der Waals surface area contributed by atoms with Gasteiger partial charge in [0.2, 0.25) is 0 Å². The van der Waals surface area contributed by atoms with Crippen LogP contribution in [0.2, 0.25) is 0 Å². The van der Waals surface area contributed by atoms with Gasteiger partial charge in [-0.1, -0.05) is 0 Å². The van der Waals surface area contributed by atoms with E-state index in [-0.39, 0.29) is 0 Å². The lowest BCUT2D eigenvalue weighted by atomic mass is 10.1. The van der Waals surface area contributed by atoms with E-state index in [0.29, 0.717) is 11.0 Å². The summed E-state index contributed by atoms with van der Waals surface area (Å²) in [6.45, 7) is 1.84. The highest BCUT2D eigenvalue weighted by Gasteiger charge is 2.25. The molecule has 4 heteroatoms. The second-order valence-electron chi connectivity index (χ2n) is 3.29. The monoisotopic (exact) mass is 196 g/mol. The summed E-state index contributed by atoms with van der Waals surface area (Å²) in [5.74, 6) is 1.50. The molecule has 1 aliphatic rings. The van der Waals surface area contributed by atoms with E-state index in [9.17, 15) is 0 Å². The SMILES string of the molecule is NC(=S)N1CC[C@H](c2ccco2)C1. The Hall–Kier alpha value is -1.03. The number of rotatable bonds is 1. The van der Waals surface area contributed by atoms with Gasteiger partial charge in [-0.15, -0.1) is 0 Å². The van der Waals surface area contributed by atoms with E-state index >= 15 is 0 Å². The molecule has 1 atom stereocenters. The van der Waals surface area contributed by atoms with Crippen LogP contribution >= 0.6 is 12.2 Å². The zero-order chi connectivity index (χ0) is 9.26. The molecule has 0 saturated carbocycles. The minimum absolute atomic E-state index is 0.455. The number of likely N-dealkylation sites (tertiary alicyclic amines) is 1. The summed E-state index contributed by atoms with van der Waals surface area (Å²) in [7, 11) is 0. The van der Waals surface area contributed by atoms with Gasteiger partial charge in [0.15, 0.2) is 5.11 Å². The van der Waals surface area contributed by atoms with Crippen LogP contribution in [0.25, 0.3) is 0 Å². The summed E-state index contributed by atoms with van der Waals surface area (Å²) in [6.07, 6.45) is 2.78. The number of hydrogen-bond acceptors (Lipinski definition) is 2. The Bertz CT molecular complexity index is 297. The van der Waals surface area contributed by atoms with Gasteiger partial charge in [0.1, 0.15) is 5.76 Å². The van der Waals surface area contributed by atoms with Gasteiger partial charge >= 0.3 is 0 Å². The van der Waals surface area contributed by atoms with Gasteiger partial charge in [0, 0.05) is 19.0 Å². The lowest BCUT2D eigenvalue weighted by Crippen LogP contribution is -2.33. The van der Waals surface area contributed by atoms with Gasteiger partial charge in [-0.05, 0) is 30.8 Å². The molecule has 1 fully saturated rings.